The number of nitrogen functional groups attached to an aromatic ring is 1. The number of methoxy groups -OCH3 is 1. The number of carbonyl (C=O) groups excluding carboxylic acids is 1. The normalized spacial score (nSPS) is 18.6. The van der Waals surface area contributed by atoms with E-state index in [1.165, 1.54) is 6.92 Å². The molecule has 0 bridgehead atoms. The molecule has 2 aromatic rings. The molecule has 11 heteroatoms. The lowest BCUT2D eigenvalue weighted by atomic mass is 9.97. The van der Waals surface area contributed by atoms with Gasteiger partial charge in [-0.25, -0.2) is 11.4 Å². The third-order valence-electron chi connectivity index (χ3n) is 7.13. The van der Waals surface area contributed by atoms with Crippen molar-refractivity contribution in [3.05, 3.63) is 44.4 Å². The summed E-state index contributed by atoms with van der Waals surface area (Å²) in [7, 11) is 3.54. The Labute approximate surface area is 203 Å². The van der Waals surface area contributed by atoms with Crippen molar-refractivity contribution in [3.63, 3.8) is 0 Å². The van der Waals surface area contributed by atoms with Crippen LogP contribution in [0.1, 0.15) is 32.2 Å². The molecule has 35 heavy (non-hydrogen) atoms. The summed E-state index contributed by atoms with van der Waals surface area (Å²) in [6, 6.07) is 3.67. The zero-order valence-electron chi connectivity index (χ0n) is 20.5. The Morgan fingerprint density at radius 1 is 1.34 bits per heavy atom. The fourth-order valence-corrected chi connectivity index (χ4v) is 5.15. The van der Waals surface area contributed by atoms with Crippen molar-refractivity contribution in [2.24, 2.45) is 5.92 Å². The second kappa shape index (κ2) is 10.00. The summed E-state index contributed by atoms with van der Waals surface area (Å²) in [5.74, 6) is 6.47. The van der Waals surface area contributed by atoms with E-state index < -0.39 is 11.2 Å². The first-order valence-electron chi connectivity index (χ1n) is 11.9. The Hall–Kier alpha value is -3.52. The second-order valence-electron chi connectivity index (χ2n) is 9.43. The van der Waals surface area contributed by atoms with Gasteiger partial charge in [0.2, 0.25) is 12.5 Å². The number of amides is 1. The molecule has 1 saturated heterocycles. The third-order valence-corrected chi connectivity index (χ3v) is 7.13. The Morgan fingerprint density at radius 2 is 2.09 bits per heavy atom. The summed E-state index contributed by atoms with van der Waals surface area (Å²) in [4.78, 5) is 45.1. The van der Waals surface area contributed by atoms with Crippen LogP contribution in [0.4, 0.5) is 5.69 Å². The zero-order chi connectivity index (χ0) is 25.3. The van der Waals surface area contributed by atoms with E-state index in [4.69, 9.17) is 17.2 Å². The molecule has 2 unspecified atom stereocenters. The van der Waals surface area contributed by atoms with Gasteiger partial charge in [-0.3, -0.25) is 19.1 Å². The van der Waals surface area contributed by atoms with Gasteiger partial charge in [0.1, 0.15) is 5.52 Å². The summed E-state index contributed by atoms with van der Waals surface area (Å²) < 4.78 is 8.10. The Morgan fingerprint density at radius 3 is 2.71 bits per heavy atom. The lowest BCUT2D eigenvalue weighted by Crippen LogP contribution is -2.47. The lowest BCUT2D eigenvalue weighted by molar-refractivity contribution is -0.119. The summed E-state index contributed by atoms with van der Waals surface area (Å²) in [5, 5.41) is 3.30. The van der Waals surface area contributed by atoms with Crippen molar-refractivity contribution < 1.29 is 9.53 Å². The van der Waals surface area contributed by atoms with E-state index in [1.54, 1.807) is 17.7 Å². The van der Waals surface area contributed by atoms with E-state index in [2.05, 4.69) is 20.0 Å². The van der Waals surface area contributed by atoms with Crippen molar-refractivity contribution in [1.29, 1.82) is 0 Å². The highest BCUT2D eigenvalue weighted by atomic mass is 16.5. The fraction of sp³-hybridized carbons (Fsp3) is 0.583. The first kappa shape index (κ1) is 24.6. The Bertz CT molecular complexity index is 1270. The van der Waals surface area contributed by atoms with E-state index in [0.29, 0.717) is 41.0 Å². The molecule has 4 rings (SSSR count). The van der Waals surface area contributed by atoms with Crippen molar-refractivity contribution in [2.75, 3.05) is 57.6 Å². The zero-order valence-corrected chi connectivity index (χ0v) is 20.5. The van der Waals surface area contributed by atoms with Crippen LogP contribution in [0.15, 0.2) is 21.7 Å². The summed E-state index contributed by atoms with van der Waals surface area (Å²) in [6.45, 7) is 11.6. The minimum absolute atomic E-state index is 0.00834. The van der Waals surface area contributed by atoms with Crippen molar-refractivity contribution in [2.45, 2.75) is 38.3 Å². The van der Waals surface area contributed by atoms with Gasteiger partial charge in [-0.2, -0.15) is 4.68 Å². The number of hydrogen-bond donors (Lipinski definition) is 2. The Kier molecular flexibility index (Phi) is 7.03. The molecule has 1 aliphatic heterocycles. The summed E-state index contributed by atoms with van der Waals surface area (Å²) >= 11 is 0. The van der Waals surface area contributed by atoms with Gasteiger partial charge < -0.3 is 25.6 Å². The first-order chi connectivity index (χ1) is 16.8. The quantitative estimate of drug-likeness (QED) is 0.391. The van der Waals surface area contributed by atoms with Gasteiger partial charge in [-0.05, 0) is 44.4 Å². The maximum atomic E-state index is 12.9. The Balaban J connectivity index is 1.70. The molecule has 188 valence electrons. The van der Waals surface area contributed by atoms with Gasteiger partial charge in [0.15, 0.2) is 5.75 Å². The van der Waals surface area contributed by atoms with Gasteiger partial charge >= 0.3 is 5.69 Å². The number of nitrogens with zero attached hydrogens (tertiary/aromatic N) is 5. The lowest BCUT2D eigenvalue weighted by Gasteiger charge is -2.32. The average molecular weight is 484 g/mol. The number of nitrogens with two attached hydrogens (primary N) is 1. The number of aromatic nitrogens is 2. The number of anilines is 1. The topological polar surface area (TPSA) is 119 Å². The molecule has 3 N–H and O–H groups in total. The minimum atomic E-state index is -0.539. The molecular formula is C24H33N7O4. The number of hydrogen-bond acceptors (Lipinski definition) is 7. The molecule has 1 amide bonds. The van der Waals surface area contributed by atoms with E-state index >= 15 is 0 Å². The highest BCUT2D eigenvalue weighted by Crippen LogP contribution is 2.42. The van der Waals surface area contributed by atoms with Crippen molar-refractivity contribution >= 4 is 22.5 Å². The predicted octanol–water partition coefficient (Wildman–Crippen LogP) is 0.403. The molecule has 2 aliphatic rings. The van der Waals surface area contributed by atoms with Crippen LogP contribution in [-0.2, 0) is 4.79 Å². The molecule has 1 aliphatic carbocycles. The standard InChI is InChI=1S/C24H33N7O4/c1-15(32)27-13-20(28(3)12-10-26-2)16-9-11-29(14-16)19-8-7-18-21(22(19)35-4)30(17-5-6-17)24(34)31(25)23(18)33/h7-8,16-17,20H,5-6,9-14,25H2,1,3-4H3,(H,27,32). The molecule has 0 radical (unpaired) electrons. The van der Waals surface area contributed by atoms with Crippen molar-refractivity contribution in [1.82, 2.24) is 19.5 Å². The van der Waals surface area contributed by atoms with Crippen LogP contribution < -0.4 is 32.0 Å². The fourth-order valence-electron chi connectivity index (χ4n) is 5.15. The average Bonchev–Trinajstić information content (AvgIpc) is 3.56. The van der Waals surface area contributed by atoms with Gasteiger partial charge in [0, 0.05) is 38.6 Å². The number of nitrogens with one attached hydrogen (secondary N) is 1. The molecule has 2 heterocycles. The second-order valence-corrected chi connectivity index (χ2v) is 9.43. The molecule has 2 fully saturated rings. The van der Waals surface area contributed by atoms with Gasteiger partial charge in [0.25, 0.3) is 5.56 Å². The SMILES string of the molecule is [C-]#[N+]CCN(C)C(CNC(C)=O)C1CCN(c2ccc3c(=O)n(N)c(=O)n(C4CC4)c3c2OC)C1. The molecule has 2 atom stereocenters. The van der Waals surface area contributed by atoms with Gasteiger partial charge in [-0.15, -0.1) is 0 Å². The summed E-state index contributed by atoms with van der Waals surface area (Å²) in [5.41, 5.74) is 0.253. The number of ether oxygens (including phenoxy) is 1. The molecule has 1 aromatic heterocycles. The molecule has 11 nitrogen and oxygen atoms in total. The van der Waals surface area contributed by atoms with Gasteiger partial charge in [-0.1, -0.05) is 0 Å². The van der Waals surface area contributed by atoms with E-state index in [9.17, 15) is 14.4 Å². The predicted molar refractivity (Wildman–Crippen MR) is 134 cm³/mol. The van der Waals surface area contributed by atoms with E-state index in [1.807, 2.05) is 13.1 Å². The van der Waals surface area contributed by atoms with Crippen LogP contribution in [-0.4, -0.2) is 73.0 Å². The largest absolute Gasteiger partial charge is 0.492 e. The number of carbonyl (C=O) groups is 1. The number of likely N-dealkylation sites (N-methyl/N-ethyl adjacent to an activating group) is 1. The highest BCUT2D eigenvalue weighted by molar-refractivity contribution is 5.90. The first-order valence-corrected chi connectivity index (χ1v) is 11.9. The number of benzene rings is 1. The molecule has 0 spiro atoms. The molecule has 1 saturated carbocycles. The van der Waals surface area contributed by atoms with Crippen LogP contribution >= 0.6 is 0 Å². The van der Waals surface area contributed by atoms with Crippen LogP contribution in [0, 0.1) is 12.5 Å². The smallest absolute Gasteiger partial charge is 0.350 e. The molecule has 1 aromatic carbocycles. The van der Waals surface area contributed by atoms with Crippen LogP contribution in [0.3, 0.4) is 0 Å². The van der Waals surface area contributed by atoms with Crippen LogP contribution in [0.2, 0.25) is 0 Å². The minimum Gasteiger partial charge on any atom is -0.492 e. The van der Waals surface area contributed by atoms with Crippen LogP contribution in [0.25, 0.3) is 15.7 Å². The highest BCUT2D eigenvalue weighted by Gasteiger charge is 2.35. The maximum absolute atomic E-state index is 12.9. The van der Waals surface area contributed by atoms with E-state index in [-0.39, 0.29) is 23.9 Å². The van der Waals surface area contributed by atoms with Crippen molar-refractivity contribution in [3.8, 4) is 5.75 Å². The number of fused-ring (bicyclic) bond motifs is 1. The third kappa shape index (κ3) is 4.71. The monoisotopic (exact) mass is 483 g/mol. The van der Waals surface area contributed by atoms with E-state index in [0.717, 1.165) is 38.0 Å². The number of rotatable bonds is 9. The maximum Gasteiger partial charge on any atom is 0.350 e. The summed E-state index contributed by atoms with van der Waals surface area (Å²) in [6.07, 6.45) is 2.61. The van der Waals surface area contributed by atoms with Gasteiger partial charge in [0.05, 0.1) is 24.7 Å². The molecular weight excluding hydrogens is 450 g/mol. The van der Waals surface area contributed by atoms with Crippen LogP contribution in [0.5, 0.6) is 5.75 Å².